The second-order valence-corrected chi connectivity index (χ2v) is 5.07. The predicted molar refractivity (Wildman–Crippen MR) is 55.7 cm³/mol. The number of Topliss-reactive ketones (excluding diaryl/α,β-unsaturated/α-hetero) is 1. The van der Waals surface area contributed by atoms with Gasteiger partial charge >= 0.3 is 0 Å². The van der Waals surface area contributed by atoms with Crippen LogP contribution < -0.4 is 4.72 Å². The molecule has 0 aromatic heterocycles. The predicted octanol–water partition coefficient (Wildman–Crippen LogP) is 0.711. The maximum absolute atomic E-state index is 11.5. The summed E-state index contributed by atoms with van der Waals surface area (Å²) in [6.45, 7) is 1.69. The van der Waals surface area contributed by atoms with E-state index in [9.17, 15) is 18.0 Å². The average molecular weight is 239 g/mol. The highest BCUT2D eigenvalue weighted by molar-refractivity contribution is 7.90. The molecular formula is C10H9NO4S. The molecule has 1 aromatic rings. The Morgan fingerprint density at radius 3 is 2.69 bits per heavy atom. The van der Waals surface area contributed by atoms with Crippen molar-refractivity contribution in [3.63, 3.8) is 0 Å². The average Bonchev–Trinajstić information content (AvgIpc) is 2.48. The van der Waals surface area contributed by atoms with E-state index in [4.69, 9.17) is 0 Å². The molecule has 16 heavy (non-hydrogen) atoms. The normalized spacial score (nSPS) is 16.7. The summed E-state index contributed by atoms with van der Waals surface area (Å²) in [5.74, 6) is -0.803. The minimum atomic E-state index is -3.77. The number of carbonyl (C=O) groups is 2. The van der Waals surface area contributed by atoms with E-state index in [-0.39, 0.29) is 16.2 Å². The van der Waals surface area contributed by atoms with E-state index in [2.05, 4.69) is 0 Å². The van der Waals surface area contributed by atoms with Gasteiger partial charge in [-0.15, -0.1) is 0 Å². The van der Waals surface area contributed by atoms with Gasteiger partial charge in [-0.1, -0.05) is 13.0 Å². The van der Waals surface area contributed by atoms with Gasteiger partial charge in [0, 0.05) is 12.0 Å². The molecule has 6 heteroatoms. The fourth-order valence-electron chi connectivity index (χ4n) is 1.54. The molecule has 84 valence electrons. The van der Waals surface area contributed by atoms with Crippen LogP contribution in [0.4, 0.5) is 0 Å². The van der Waals surface area contributed by atoms with Crippen molar-refractivity contribution in [2.45, 2.75) is 18.2 Å². The van der Waals surface area contributed by atoms with Crippen molar-refractivity contribution >= 4 is 21.7 Å². The summed E-state index contributed by atoms with van der Waals surface area (Å²) < 4.78 is 24.8. The quantitative estimate of drug-likeness (QED) is 0.771. The summed E-state index contributed by atoms with van der Waals surface area (Å²) in [5, 5.41) is 0. The maximum Gasteiger partial charge on any atom is 0.266 e. The third kappa shape index (κ3) is 1.51. The van der Waals surface area contributed by atoms with Crippen LogP contribution in [0, 0.1) is 0 Å². The van der Waals surface area contributed by atoms with Crippen LogP contribution in [0.3, 0.4) is 0 Å². The number of ketones is 1. The summed E-state index contributed by atoms with van der Waals surface area (Å²) >= 11 is 0. The minimum Gasteiger partial charge on any atom is -0.294 e. The van der Waals surface area contributed by atoms with Crippen molar-refractivity contribution in [3.8, 4) is 0 Å². The molecule has 0 fully saturated rings. The zero-order valence-electron chi connectivity index (χ0n) is 8.48. The lowest BCUT2D eigenvalue weighted by Crippen LogP contribution is -2.20. The van der Waals surface area contributed by atoms with E-state index in [1.807, 2.05) is 4.72 Å². The lowest BCUT2D eigenvalue weighted by molar-refractivity contribution is 0.0974. The van der Waals surface area contributed by atoms with Crippen LogP contribution in [-0.2, 0) is 10.0 Å². The Hall–Kier alpha value is -1.69. The van der Waals surface area contributed by atoms with Gasteiger partial charge in [0.25, 0.3) is 15.9 Å². The second kappa shape index (κ2) is 3.41. The number of benzene rings is 1. The van der Waals surface area contributed by atoms with Crippen molar-refractivity contribution in [2.75, 3.05) is 0 Å². The maximum atomic E-state index is 11.5. The molecule has 1 heterocycles. The standard InChI is InChI=1S/C10H9NO4S/c1-2-8(12)6-3-4-7-9(5-6)16(14,15)11-10(7)13/h3-5H,2H2,1H3,(H,11,13). The van der Waals surface area contributed by atoms with Crippen molar-refractivity contribution in [3.05, 3.63) is 29.3 Å². The van der Waals surface area contributed by atoms with Gasteiger partial charge in [0.15, 0.2) is 5.78 Å². The number of hydrogen-bond acceptors (Lipinski definition) is 4. The highest BCUT2D eigenvalue weighted by Crippen LogP contribution is 2.23. The van der Waals surface area contributed by atoms with Gasteiger partial charge in [-0.25, -0.2) is 13.1 Å². The van der Waals surface area contributed by atoms with E-state index >= 15 is 0 Å². The van der Waals surface area contributed by atoms with Crippen LogP contribution in [0.25, 0.3) is 0 Å². The summed E-state index contributed by atoms with van der Waals surface area (Å²) in [6, 6.07) is 4.07. The lowest BCUT2D eigenvalue weighted by Gasteiger charge is -2.00. The molecule has 1 aliphatic rings. The molecule has 0 aliphatic carbocycles. The fourth-order valence-corrected chi connectivity index (χ4v) is 2.74. The molecule has 0 unspecified atom stereocenters. The number of carbonyl (C=O) groups excluding carboxylic acids is 2. The van der Waals surface area contributed by atoms with Gasteiger partial charge in [0.1, 0.15) is 4.90 Å². The zero-order valence-corrected chi connectivity index (χ0v) is 9.30. The Balaban J connectivity index is 2.64. The summed E-state index contributed by atoms with van der Waals surface area (Å²) in [5.41, 5.74) is 0.397. The van der Waals surface area contributed by atoms with E-state index in [0.29, 0.717) is 12.0 Å². The number of rotatable bonds is 2. The molecule has 0 bridgehead atoms. The van der Waals surface area contributed by atoms with Crippen LogP contribution >= 0.6 is 0 Å². The van der Waals surface area contributed by atoms with Crippen LogP contribution in [0.1, 0.15) is 34.1 Å². The van der Waals surface area contributed by atoms with Crippen molar-refractivity contribution in [1.82, 2.24) is 4.72 Å². The van der Waals surface area contributed by atoms with Crippen LogP contribution in [-0.4, -0.2) is 20.1 Å². The molecule has 1 amide bonds. The first-order valence-electron chi connectivity index (χ1n) is 4.70. The lowest BCUT2D eigenvalue weighted by atomic mass is 10.1. The number of hydrogen-bond donors (Lipinski definition) is 1. The molecule has 1 aliphatic heterocycles. The Morgan fingerprint density at radius 2 is 2.06 bits per heavy atom. The highest BCUT2D eigenvalue weighted by Gasteiger charge is 2.32. The monoisotopic (exact) mass is 239 g/mol. The van der Waals surface area contributed by atoms with Gasteiger partial charge in [0.2, 0.25) is 0 Å². The van der Waals surface area contributed by atoms with E-state index in [1.165, 1.54) is 18.2 Å². The van der Waals surface area contributed by atoms with Gasteiger partial charge in [-0.05, 0) is 12.1 Å². The Bertz CT molecular complexity index is 589. The molecule has 0 spiro atoms. The van der Waals surface area contributed by atoms with Crippen LogP contribution in [0.15, 0.2) is 23.1 Å². The van der Waals surface area contributed by atoms with Gasteiger partial charge in [0.05, 0.1) is 5.56 Å². The second-order valence-electron chi connectivity index (χ2n) is 3.42. The third-order valence-corrected chi connectivity index (χ3v) is 3.76. The molecule has 0 saturated carbocycles. The summed E-state index contributed by atoms with van der Waals surface area (Å²) in [6.07, 6.45) is 0.292. The summed E-state index contributed by atoms with van der Waals surface area (Å²) in [7, 11) is -3.77. The highest BCUT2D eigenvalue weighted by atomic mass is 32.2. The number of fused-ring (bicyclic) bond motifs is 1. The molecule has 0 saturated heterocycles. The smallest absolute Gasteiger partial charge is 0.266 e. The molecule has 1 N–H and O–H groups in total. The molecule has 1 aromatic carbocycles. The zero-order chi connectivity index (χ0) is 11.9. The minimum absolute atomic E-state index is 0.0904. The van der Waals surface area contributed by atoms with Crippen LogP contribution in [0.5, 0.6) is 0 Å². The van der Waals surface area contributed by atoms with E-state index < -0.39 is 15.9 Å². The van der Waals surface area contributed by atoms with Gasteiger partial charge in [-0.3, -0.25) is 9.59 Å². The number of amides is 1. The largest absolute Gasteiger partial charge is 0.294 e. The SMILES string of the molecule is CCC(=O)c1ccc2c(c1)S(=O)(=O)NC2=O. The van der Waals surface area contributed by atoms with E-state index in [1.54, 1.807) is 6.92 Å². The topological polar surface area (TPSA) is 80.3 Å². The van der Waals surface area contributed by atoms with Crippen molar-refractivity contribution in [2.24, 2.45) is 0 Å². The molecule has 0 radical (unpaired) electrons. The molecule has 2 rings (SSSR count). The van der Waals surface area contributed by atoms with Crippen LogP contribution in [0.2, 0.25) is 0 Å². The number of sulfonamides is 1. The molecule has 0 atom stereocenters. The Labute approximate surface area is 92.5 Å². The van der Waals surface area contributed by atoms with E-state index in [0.717, 1.165) is 0 Å². The molecular weight excluding hydrogens is 230 g/mol. The van der Waals surface area contributed by atoms with Gasteiger partial charge < -0.3 is 0 Å². The Kier molecular flexibility index (Phi) is 2.31. The first-order valence-corrected chi connectivity index (χ1v) is 6.18. The summed E-state index contributed by atoms with van der Waals surface area (Å²) in [4.78, 5) is 22.5. The fraction of sp³-hybridized carbons (Fsp3) is 0.200. The van der Waals surface area contributed by atoms with Crippen molar-refractivity contribution in [1.29, 1.82) is 0 Å². The third-order valence-electron chi connectivity index (χ3n) is 2.39. The number of nitrogens with one attached hydrogen (secondary N) is 1. The molecule has 5 nitrogen and oxygen atoms in total. The van der Waals surface area contributed by atoms with Gasteiger partial charge in [-0.2, -0.15) is 0 Å². The first kappa shape index (κ1) is 10.8. The van der Waals surface area contributed by atoms with Crippen molar-refractivity contribution < 1.29 is 18.0 Å². The Morgan fingerprint density at radius 1 is 1.38 bits per heavy atom. The first-order chi connectivity index (χ1) is 7.45.